The molecule has 0 fully saturated rings. The minimum absolute atomic E-state index is 0.667. The van der Waals surface area contributed by atoms with Gasteiger partial charge in [0.05, 0.1) is 0 Å². The second kappa shape index (κ2) is 4.72. The van der Waals surface area contributed by atoms with Gasteiger partial charge in [-0.2, -0.15) is 0 Å². The van der Waals surface area contributed by atoms with E-state index >= 15 is 0 Å². The number of benzene rings is 2. The Hall–Kier alpha value is -1.60. The van der Waals surface area contributed by atoms with Gasteiger partial charge in [0.15, 0.2) is 0 Å². The lowest BCUT2D eigenvalue weighted by Gasteiger charge is -2.28. The molecule has 1 N–H and O–H groups in total. The number of hydrogen-bond donors (Lipinski definition) is 1. The molecule has 0 aromatic heterocycles. The monoisotopic (exact) mass is 226 g/mol. The molecule has 0 aliphatic carbocycles. The predicted octanol–water partition coefficient (Wildman–Crippen LogP) is 3.64. The second-order valence-electron chi connectivity index (χ2n) is 4.45. The SMILES string of the molecule is CCC(O)(c1ccccc1)c1cccc(C)c1. The van der Waals surface area contributed by atoms with Crippen LogP contribution in [0.2, 0.25) is 0 Å². The van der Waals surface area contributed by atoms with Crippen LogP contribution in [0, 0.1) is 6.92 Å². The summed E-state index contributed by atoms with van der Waals surface area (Å²) in [6.07, 6.45) is 0.667. The summed E-state index contributed by atoms with van der Waals surface area (Å²) in [5, 5.41) is 10.9. The third-order valence-corrected chi connectivity index (χ3v) is 3.26. The van der Waals surface area contributed by atoms with Crippen molar-refractivity contribution in [2.45, 2.75) is 25.9 Å². The summed E-state index contributed by atoms with van der Waals surface area (Å²) >= 11 is 0. The first-order valence-corrected chi connectivity index (χ1v) is 6.02. The lowest BCUT2D eigenvalue weighted by Crippen LogP contribution is -2.26. The van der Waals surface area contributed by atoms with Crippen LogP contribution in [0.1, 0.15) is 30.0 Å². The lowest BCUT2D eigenvalue weighted by molar-refractivity contribution is 0.0765. The molecular weight excluding hydrogens is 208 g/mol. The molecule has 0 aliphatic rings. The minimum atomic E-state index is -0.882. The Morgan fingerprint density at radius 2 is 1.59 bits per heavy atom. The fourth-order valence-electron chi connectivity index (χ4n) is 2.19. The molecule has 2 aromatic rings. The van der Waals surface area contributed by atoms with Gasteiger partial charge in [0.1, 0.15) is 5.60 Å². The standard InChI is InChI=1S/C16H18O/c1-3-16(17,14-9-5-4-6-10-14)15-11-7-8-13(2)12-15/h4-12,17H,3H2,1-2H3. The zero-order valence-electron chi connectivity index (χ0n) is 10.4. The molecular formula is C16H18O. The summed E-state index contributed by atoms with van der Waals surface area (Å²) in [5.74, 6) is 0. The van der Waals surface area contributed by atoms with Crippen molar-refractivity contribution in [3.8, 4) is 0 Å². The van der Waals surface area contributed by atoms with E-state index in [2.05, 4.69) is 6.07 Å². The molecule has 0 saturated heterocycles. The molecule has 0 amide bonds. The molecule has 0 heterocycles. The highest BCUT2D eigenvalue weighted by molar-refractivity contribution is 5.37. The average molecular weight is 226 g/mol. The summed E-state index contributed by atoms with van der Waals surface area (Å²) in [5.41, 5.74) is 2.21. The first-order chi connectivity index (χ1) is 8.16. The van der Waals surface area contributed by atoms with E-state index in [4.69, 9.17) is 0 Å². The molecule has 1 atom stereocenters. The van der Waals surface area contributed by atoms with Crippen LogP contribution in [0.5, 0.6) is 0 Å². The zero-order chi connectivity index (χ0) is 12.3. The van der Waals surface area contributed by atoms with Crippen molar-refractivity contribution in [2.75, 3.05) is 0 Å². The third-order valence-electron chi connectivity index (χ3n) is 3.26. The summed E-state index contributed by atoms with van der Waals surface area (Å²) in [6, 6.07) is 17.9. The molecule has 0 saturated carbocycles. The van der Waals surface area contributed by atoms with E-state index in [1.165, 1.54) is 5.56 Å². The Morgan fingerprint density at radius 1 is 0.941 bits per heavy atom. The van der Waals surface area contributed by atoms with Crippen molar-refractivity contribution in [2.24, 2.45) is 0 Å². The summed E-state index contributed by atoms with van der Waals surface area (Å²) < 4.78 is 0. The van der Waals surface area contributed by atoms with E-state index in [1.54, 1.807) is 0 Å². The van der Waals surface area contributed by atoms with E-state index in [0.717, 1.165) is 11.1 Å². The molecule has 17 heavy (non-hydrogen) atoms. The van der Waals surface area contributed by atoms with Crippen molar-refractivity contribution < 1.29 is 5.11 Å². The van der Waals surface area contributed by atoms with Crippen LogP contribution >= 0.6 is 0 Å². The first-order valence-electron chi connectivity index (χ1n) is 6.02. The van der Waals surface area contributed by atoms with Crippen molar-refractivity contribution in [1.82, 2.24) is 0 Å². The van der Waals surface area contributed by atoms with Crippen LogP contribution in [0.3, 0.4) is 0 Å². The molecule has 0 spiro atoms. The molecule has 1 unspecified atom stereocenters. The summed E-state index contributed by atoms with van der Waals surface area (Å²) in [7, 11) is 0. The maximum Gasteiger partial charge on any atom is 0.114 e. The Balaban J connectivity index is 2.52. The molecule has 0 radical (unpaired) electrons. The van der Waals surface area contributed by atoms with Crippen LogP contribution < -0.4 is 0 Å². The van der Waals surface area contributed by atoms with Crippen molar-refractivity contribution in [1.29, 1.82) is 0 Å². The summed E-state index contributed by atoms with van der Waals surface area (Å²) in [4.78, 5) is 0. The Kier molecular flexibility index (Phi) is 3.30. The molecule has 1 nitrogen and oxygen atoms in total. The van der Waals surface area contributed by atoms with Gasteiger partial charge in [-0.1, -0.05) is 67.1 Å². The van der Waals surface area contributed by atoms with Gasteiger partial charge in [0, 0.05) is 0 Å². The highest BCUT2D eigenvalue weighted by Gasteiger charge is 2.28. The average Bonchev–Trinajstić information content (AvgIpc) is 2.39. The normalized spacial score (nSPS) is 14.3. The summed E-state index contributed by atoms with van der Waals surface area (Å²) in [6.45, 7) is 4.06. The van der Waals surface area contributed by atoms with Crippen LogP contribution in [0.4, 0.5) is 0 Å². The molecule has 0 aliphatic heterocycles. The maximum absolute atomic E-state index is 10.9. The van der Waals surface area contributed by atoms with Gasteiger partial charge in [-0.05, 0) is 24.5 Å². The van der Waals surface area contributed by atoms with Gasteiger partial charge in [0.25, 0.3) is 0 Å². The van der Waals surface area contributed by atoms with Crippen LogP contribution in [0.25, 0.3) is 0 Å². The first kappa shape index (κ1) is 11.9. The topological polar surface area (TPSA) is 20.2 Å². The third kappa shape index (κ3) is 2.25. The number of aliphatic hydroxyl groups is 1. The quantitative estimate of drug-likeness (QED) is 0.847. The van der Waals surface area contributed by atoms with Crippen molar-refractivity contribution in [3.05, 3.63) is 71.3 Å². The van der Waals surface area contributed by atoms with Gasteiger partial charge in [-0.25, -0.2) is 0 Å². The van der Waals surface area contributed by atoms with Crippen LogP contribution in [-0.2, 0) is 5.60 Å². The van der Waals surface area contributed by atoms with Gasteiger partial charge < -0.3 is 5.11 Å². The predicted molar refractivity (Wildman–Crippen MR) is 70.9 cm³/mol. The fourth-order valence-corrected chi connectivity index (χ4v) is 2.19. The van der Waals surface area contributed by atoms with Gasteiger partial charge >= 0.3 is 0 Å². The van der Waals surface area contributed by atoms with E-state index in [1.807, 2.05) is 62.4 Å². The number of hydrogen-bond acceptors (Lipinski definition) is 1. The fraction of sp³-hybridized carbons (Fsp3) is 0.250. The molecule has 0 bridgehead atoms. The van der Waals surface area contributed by atoms with Gasteiger partial charge in [-0.15, -0.1) is 0 Å². The van der Waals surface area contributed by atoms with Crippen molar-refractivity contribution in [3.63, 3.8) is 0 Å². The van der Waals surface area contributed by atoms with E-state index < -0.39 is 5.60 Å². The molecule has 2 aromatic carbocycles. The number of rotatable bonds is 3. The highest BCUT2D eigenvalue weighted by atomic mass is 16.3. The molecule has 1 heteroatoms. The molecule has 2 rings (SSSR count). The number of aryl methyl sites for hydroxylation is 1. The lowest BCUT2D eigenvalue weighted by atomic mass is 9.84. The smallest absolute Gasteiger partial charge is 0.114 e. The second-order valence-corrected chi connectivity index (χ2v) is 4.45. The van der Waals surface area contributed by atoms with E-state index in [9.17, 15) is 5.11 Å². The zero-order valence-corrected chi connectivity index (χ0v) is 10.4. The van der Waals surface area contributed by atoms with Crippen LogP contribution in [-0.4, -0.2) is 5.11 Å². The van der Waals surface area contributed by atoms with Gasteiger partial charge in [-0.3, -0.25) is 0 Å². The highest BCUT2D eigenvalue weighted by Crippen LogP contribution is 2.32. The van der Waals surface area contributed by atoms with E-state index in [0.29, 0.717) is 6.42 Å². The van der Waals surface area contributed by atoms with Crippen LogP contribution in [0.15, 0.2) is 54.6 Å². The largest absolute Gasteiger partial charge is 0.380 e. The minimum Gasteiger partial charge on any atom is -0.380 e. The Morgan fingerprint density at radius 3 is 2.18 bits per heavy atom. The van der Waals surface area contributed by atoms with Gasteiger partial charge in [0.2, 0.25) is 0 Å². The van der Waals surface area contributed by atoms with Crippen molar-refractivity contribution >= 4 is 0 Å². The van der Waals surface area contributed by atoms with E-state index in [-0.39, 0.29) is 0 Å². The Bertz CT molecular complexity index is 490. The molecule has 88 valence electrons. The Labute approximate surface area is 103 Å². The maximum atomic E-state index is 10.9.